The van der Waals surface area contributed by atoms with Crippen LogP contribution in [0.5, 0.6) is 0 Å². The molecule has 0 aliphatic rings. The number of rotatable bonds is 3. The molecule has 0 saturated heterocycles. The largest absolute Gasteiger partial charge is 0.306 e. The maximum atomic E-state index is 10.7. The maximum absolute atomic E-state index is 10.7. The van der Waals surface area contributed by atoms with Gasteiger partial charge in [-0.05, 0) is 34.2 Å². The first-order valence-electron chi connectivity index (χ1n) is 6.32. The predicted molar refractivity (Wildman–Crippen MR) is 74.3 cm³/mol. The predicted octanol–water partition coefficient (Wildman–Crippen LogP) is 1.76. The number of nitro benzene ring substituents is 1. The first-order valence-corrected chi connectivity index (χ1v) is 6.32. The second-order valence-electron chi connectivity index (χ2n) is 4.44. The van der Waals surface area contributed by atoms with Crippen LogP contribution in [-0.4, -0.2) is 19.9 Å². The lowest BCUT2D eigenvalue weighted by Gasteiger charge is -1.99. The van der Waals surface area contributed by atoms with Crippen molar-refractivity contribution in [2.45, 2.75) is 6.92 Å². The molecule has 0 unspecified atom stereocenters. The van der Waals surface area contributed by atoms with Crippen LogP contribution >= 0.6 is 0 Å². The minimum Gasteiger partial charge on any atom is -0.258 e. The molecule has 0 saturated carbocycles. The third kappa shape index (κ3) is 2.48. The highest BCUT2D eigenvalue weighted by atomic mass is 16.6. The molecule has 0 atom stereocenters. The Morgan fingerprint density at radius 2 is 1.76 bits per heavy atom. The van der Waals surface area contributed by atoms with Gasteiger partial charge in [-0.2, -0.15) is 0 Å². The highest BCUT2D eigenvalue weighted by Gasteiger charge is 2.19. The van der Waals surface area contributed by atoms with E-state index in [2.05, 4.69) is 10.2 Å². The van der Waals surface area contributed by atoms with Crippen molar-refractivity contribution in [2.75, 3.05) is 0 Å². The Hall–Kier alpha value is -3.09. The SMILES string of the molecule is Cc1nn(-c2ccccc2)[n+](-c2ccc([N+](=O)[O-])cc2)n1. The van der Waals surface area contributed by atoms with E-state index in [0.717, 1.165) is 5.69 Å². The molecule has 0 amide bonds. The lowest BCUT2D eigenvalue weighted by Crippen LogP contribution is -2.43. The van der Waals surface area contributed by atoms with Gasteiger partial charge in [0.25, 0.3) is 5.69 Å². The number of aromatic nitrogens is 4. The number of benzene rings is 2. The highest BCUT2D eigenvalue weighted by Crippen LogP contribution is 2.12. The van der Waals surface area contributed by atoms with Gasteiger partial charge in [0.1, 0.15) is 5.69 Å². The topological polar surface area (TPSA) is 77.7 Å². The van der Waals surface area contributed by atoms with Gasteiger partial charge < -0.3 is 0 Å². The van der Waals surface area contributed by atoms with Gasteiger partial charge in [-0.1, -0.05) is 18.2 Å². The molecule has 3 rings (SSSR count). The molecular weight excluding hydrogens is 270 g/mol. The Morgan fingerprint density at radius 1 is 1.10 bits per heavy atom. The Labute approximate surface area is 120 Å². The molecule has 0 bridgehead atoms. The molecule has 104 valence electrons. The minimum atomic E-state index is -0.429. The van der Waals surface area contributed by atoms with E-state index in [1.807, 2.05) is 30.3 Å². The van der Waals surface area contributed by atoms with Crippen molar-refractivity contribution in [3.05, 3.63) is 70.5 Å². The van der Waals surface area contributed by atoms with E-state index in [-0.39, 0.29) is 5.69 Å². The Kier molecular flexibility index (Phi) is 3.15. The number of hydrogen-bond donors (Lipinski definition) is 0. The third-order valence-corrected chi connectivity index (χ3v) is 2.94. The number of para-hydroxylation sites is 1. The summed E-state index contributed by atoms with van der Waals surface area (Å²) in [4.78, 5) is 13.5. The number of nitro groups is 1. The standard InChI is InChI=1S/C14H12N5O2/c1-11-15-17(12-5-3-2-4-6-12)18(16-11)13-7-9-14(10-8-13)19(20)21/h2-10H,1H3/q+1. The van der Waals surface area contributed by atoms with Crippen LogP contribution in [0.2, 0.25) is 0 Å². The van der Waals surface area contributed by atoms with Crippen molar-refractivity contribution >= 4 is 5.69 Å². The van der Waals surface area contributed by atoms with Gasteiger partial charge in [-0.25, -0.2) is 0 Å². The van der Waals surface area contributed by atoms with E-state index in [1.165, 1.54) is 12.1 Å². The zero-order valence-electron chi connectivity index (χ0n) is 11.2. The molecule has 7 nitrogen and oxygen atoms in total. The van der Waals surface area contributed by atoms with Gasteiger partial charge in [0.15, 0.2) is 5.69 Å². The van der Waals surface area contributed by atoms with Crippen LogP contribution in [0.1, 0.15) is 5.82 Å². The Bertz CT molecular complexity index is 781. The molecule has 0 aliphatic heterocycles. The zero-order chi connectivity index (χ0) is 14.8. The summed E-state index contributed by atoms with van der Waals surface area (Å²) < 4.78 is 0. The fourth-order valence-electron chi connectivity index (χ4n) is 1.98. The number of non-ortho nitro benzene ring substituents is 1. The van der Waals surface area contributed by atoms with E-state index < -0.39 is 4.92 Å². The minimum absolute atomic E-state index is 0.0434. The second-order valence-corrected chi connectivity index (χ2v) is 4.44. The molecule has 0 N–H and O–H groups in total. The first kappa shape index (κ1) is 12.9. The smallest absolute Gasteiger partial charge is 0.258 e. The van der Waals surface area contributed by atoms with E-state index in [9.17, 15) is 10.1 Å². The molecule has 7 heteroatoms. The van der Waals surface area contributed by atoms with Gasteiger partial charge in [0.2, 0.25) is 0 Å². The average molecular weight is 282 g/mol. The summed E-state index contributed by atoms with van der Waals surface area (Å²) in [5.74, 6) is 0.609. The maximum Gasteiger partial charge on any atom is 0.306 e. The lowest BCUT2D eigenvalue weighted by atomic mass is 10.3. The molecule has 1 aromatic heterocycles. The fraction of sp³-hybridized carbons (Fsp3) is 0.0714. The van der Waals surface area contributed by atoms with E-state index in [0.29, 0.717) is 11.5 Å². The van der Waals surface area contributed by atoms with Crippen LogP contribution in [0.3, 0.4) is 0 Å². The number of aryl methyl sites for hydroxylation is 1. The normalized spacial score (nSPS) is 10.5. The molecule has 0 aliphatic carbocycles. The number of tetrazole rings is 1. The summed E-state index contributed by atoms with van der Waals surface area (Å²) in [7, 11) is 0. The van der Waals surface area contributed by atoms with E-state index in [1.54, 1.807) is 28.6 Å². The highest BCUT2D eigenvalue weighted by molar-refractivity contribution is 5.36. The number of hydrogen-bond acceptors (Lipinski definition) is 4. The summed E-state index contributed by atoms with van der Waals surface area (Å²) in [6.07, 6.45) is 0. The molecular formula is C14H12N5O2+. The van der Waals surface area contributed by atoms with Crippen molar-refractivity contribution in [1.82, 2.24) is 15.0 Å². The van der Waals surface area contributed by atoms with E-state index >= 15 is 0 Å². The van der Waals surface area contributed by atoms with Gasteiger partial charge >= 0.3 is 5.82 Å². The van der Waals surface area contributed by atoms with Crippen molar-refractivity contribution in [3.63, 3.8) is 0 Å². The van der Waals surface area contributed by atoms with E-state index in [4.69, 9.17) is 0 Å². The second kappa shape index (κ2) is 5.12. The van der Waals surface area contributed by atoms with Gasteiger partial charge in [-0.15, -0.1) is 0 Å². The first-order chi connectivity index (χ1) is 10.1. The summed E-state index contributed by atoms with van der Waals surface area (Å²) in [5, 5.41) is 19.4. The molecule has 2 aromatic carbocycles. The quantitative estimate of drug-likeness (QED) is 0.416. The van der Waals surface area contributed by atoms with Crippen LogP contribution in [0.15, 0.2) is 54.6 Å². The van der Waals surface area contributed by atoms with Crippen molar-refractivity contribution in [2.24, 2.45) is 0 Å². The third-order valence-electron chi connectivity index (χ3n) is 2.94. The fourth-order valence-corrected chi connectivity index (χ4v) is 1.98. The van der Waals surface area contributed by atoms with Crippen LogP contribution < -0.4 is 4.80 Å². The number of nitrogens with zero attached hydrogens (tertiary/aromatic N) is 5. The van der Waals surface area contributed by atoms with Gasteiger partial charge in [0.05, 0.1) is 10.0 Å². The molecule has 3 aromatic rings. The molecule has 21 heavy (non-hydrogen) atoms. The average Bonchev–Trinajstić information content (AvgIpc) is 2.90. The van der Waals surface area contributed by atoms with Crippen molar-refractivity contribution < 1.29 is 9.72 Å². The van der Waals surface area contributed by atoms with Gasteiger partial charge in [0, 0.05) is 23.9 Å². The molecule has 0 radical (unpaired) electrons. The van der Waals surface area contributed by atoms with Gasteiger partial charge in [-0.3, -0.25) is 10.1 Å². The molecule has 1 heterocycles. The zero-order valence-corrected chi connectivity index (χ0v) is 11.2. The summed E-state index contributed by atoms with van der Waals surface area (Å²) >= 11 is 0. The lowest BCUT2D eigenvalue weighted by molar-refractivity contribution is -0.735. The van der Waals surface area contributed by atoms with Crippen molar-refractivity contribution in [3.8, 4) is 11.4 Å². The van der Waals surface area contributed by atoms with Crippen LogP contribution in [-0.2, 0) is 0 Å². The monoisotopic (exact) mass is 282 g/mol. The molecule has 0 fully saturated rings. The summed E-state index contributed by atoms with van der Waals surface area (Å²) in [6.45, 7) is 1.79. The Morgan fingerprint density at radius 3 is 2.38 bits per heavy atom. The van der Waals surface area contributed by atoms with Crippen LogP contribution in [0, 0.1) is 17.0 Å². The Balaban J connectivity index is 2.09. The van der Waals surface area contributed by atoms with Crippen LogP contribution in [0.4, 0.5) is 5.69 Å². The summed E-state index contributed by atoms with van der Waals surface area (Å²) in [6, 6.07) is 15.7. The molecule has 0 spiro atoms. The van der Waals surface area contributed by atoms with Crippen LogP contribution in [0.25, 0.3) is 11.4 Å². The summed E-state index contributed by atoms with van der Waals surface area (Å²) in [5.41, 5.74) is 1.60. The van der Waals surface area contributed by atoms with Crippen molar-refractivity contribution in [1.29, 1.82) is 0 Å².